The average molecular weight is 389 g/mol. The van der Waals surface area contributed by atoms with Crippen molar-refractivity contribution in [3.05, 3.63) is 69.0 Å². The van der Waals surface area contributed by atoms with Crippen LogP contribution in [0.4, 0.5) is 4.39 Å². The number of benzene rings is 1. The second kappa shape index (κ2) is 6.62. The number of carbonyl (C=O) groups excluding carboxylic acids is 1. The lowest BCUT2D eigenvalue weighted by Gasteiger charge is -2.43. The summed E-state index contributed by atoms with van der Waals surface area (Å²) in [5.41, 5.74) is 0.171. The number of aromatic nitrogens is 3. The smallest absolute Gasteiger partial charge is 0.342 e. The van der Waals surface area contributed by atoms with Crippen LogP contribution in [-0.4, -0.2) is 21.0 Å². The summed E-state index contributed by atoms with van der Waals surface area (Å²) in [5.74, 6) is -1.39. The Morgan fingerprint density at radius 1 is 1.30 bits per heavy atom. The third-order valence-electron chi connectivity index (χ3n) is 4.71. The fourth-order valence-electron chi connectivity index (χ4n) is 3.19. The van der Waals surface area contributed by atoms with Crippen LogP contribution in [0.2, 0.25) is 5.02 Å². The summed E-state index contributed by atoms with van der Waals surface area (Å²) >= 11 is 6.02. The molecule has 4 rings (SSSR count). The average Bonchev–Trinajstić information content (AvgIpc) is 3.07. The minimum atomic E-state index is -0.794. The highest BCUT2D eigenvalue weighted by molar-refractivity contribution is 6.30. The molecule has 1 amide bonds. The number of hydrogen-bond donors (Lipinski definition) is 2. The maximum atomic E-state index is 14.4. The number of halogens is 2. The Balaban J connectivity index is 1.63. The Morgan fingerprint density at radius 2 is 2.11 bits per heavy atom. The van der Waals surface area contributed by atoms with Gasteiger partial charge in [-0.1, -0.05) is 16.8 Å². The van der Waals surface area contributed by atoms with Crippen molar-refractivity contribution < 1.29 is 13.7 Å². The molecule has 1 saturated carbocycles. The highest BCUT2D eigenvalue weighted by Crippen LogP contribution is 2.43. The van der Waals surface area contributed by atoms with Gasteiger partial charge in [-0.2, -0.15) is 0 Å². The molecule has 27 heavy (non-hydrogen) atoms. The van der Waals surface area contributed by atoms with E-state index in [1.165, 1.54) is 30.5 Å². The molecule has 2 heterocycles. The van der Waals surface area contributed by atoms with Crippen LogP contribution >= 0.6 is 11.6 Å². The van der Waals surface area contributed by atoms with E-state index < -0.39 is 17.1 Å². The first-order chi connectivity index (χ1) is 13.0. The fourth-order valence-corrected chi connectivity index (χ4v) is 3.36. The monoisotopic (exact) mass is 388 g/mol. The second-order valence-electron chi connectivity index (χ2n) is 6.39. The largest absolute Gasteiger partial charge is 0.439 e. The van der Waals surface area contributed by atoms with Gasteiger partial charge in [0.2, 0.25) is 5.82 Å². The second-order valence-corrected chi connectivity index (χ2v) is 6.82. The molecule has 1 aliphatic carbocycles. The van der Waals surface area contributed by atoms with Crippen LogP contribution in [0.15, 0.2) is 45.8 Å². The predicted molar refractivity (Wildman–Crippen MR) is 94.8 cm³/mol. The highest BCUT2D eigenvalue weighted by Gasteiger charge is 2.42. The van der Waals surface area contributed by atoms with Crippen molar-refractivity contribution in [1.82, 2.24) is 20.4 Å². The summed E-state index contributed by atoms with van der Waals surface area (Å²) in [6.45, 7) is 0. The predicted octanol–water partition coefficient (Wildman–Crippen LogP) is 3.03. The zero-order chi connectivity index (χ0) is 19.0. The summed E-state index contributed by atoms with van der Waals surface area (Å²) in [6, 6.07) is 7.33. The zero-order valence-corrected chi connectivity index (χ0v) is 14.7. The van der Waals surface area contributed by atoms with E-state index in [1.807, 2.05) is 0 Å². The van der Waals surface area contributed by atoms with Gasteiger partial charge in [0.15, 0.2) is 0 Å². The molecule has 7 nitrogen and oxygen atoms in total. The molecule has 1 aromatic carbocycles. The number of hydrogen-bond acceptors (Lipinski definition) is 5. The molecule has 1 fully saturated rings. The van der Waals surface area contributed by atoms with Gasteiger partial charge < -0.3 is 5.32 Å². The van der Waals surface area contributed by atoms with E-state index >= 15 is 0 Å². The Bertz CT molecular complexity index is 1070. The minimum Gasteiger partial charge on any atom is -0.342 e. The number of carbonyl (C=O) groups is 1. The molecule has 138 valence electrons. The van der Waals surface area contributed by atoms with Gasteiger partial charge in [0, 0.05) is 22.3 Å². The summed E-state index contributed by atoms with van der Waals surface area (Å²) in [5, 5.41) is 6.90. The highest BCUT2D eigenvalue weighted by atomic mass is 35.5. The molecule has 0 saturated heterocycles. The molecule has 0 radical (unpaired) electrons. The van der Waals surface area contributed by atoms with Crippen LogP contribution in [-0.2, 0) is 5.54 Å². The van der Waals surface area contributed by atoms with E-state index in [4.69, 9.17) is 11.6 Å². The van der Waals surface area contributed by atoms with Gasteiger partial charge in [-0.15, -0.1) is 0 Å². The third-order valence-corrected chi connectivity index (χ3v) is 4.94. The van der Waals surface area contributed by atoms with Crippen molar-refractivity contribution in [3.63, 3.8) is 0 Å². The molecular weight excluding hydrogens is 375 g/mol. The van der Waals surface area contributed by atoms with Crippen molar-refractivity contribution in [2.24, 2.45) is 0 Å². The van der Waals surface area contributed by atoms with Crippen molar-refractivity contribution >= 4 is 17.5 Å². The zero-order valence-electron chi connectivity index (χ0n) is 14.0. The number of pyridine rings is 1. The number of H-pyrrole nitrogens is 1. The summed E-state index contributed by atoms with van der Waals surface area (Å²) in [6.07, 6.45) is 3.52. The lowest BCUT2D eigenvalue weighted by atomic mass is 9.71. The van der Waals surface area contributed by atoms with E-state index in [2.05, 4.69) is 25.0 Å². The van der Waals surface area contributed by atoms with E-state index in [0.29, 0.717) is 29.0 Å². The van der Waals surface area contributed by atoms with Gasteiger partial charge in [-0.05, 0) is 49.6 Å². The van der Waals surface area contributed by atoms with Crippen LogP contribution in [0.25, 0.3) is 11.5 Å². The van der Waals surface area contributed by atoms with Gasteiger partial charge in [0.25, 0.3) is 5.91 Å². The van der Waals surface area contributed by atoms with Gasteiger partial charge in [0.1, 0.15) is 11.5 Å². The molecular formula is C18H14ClFN4O3. The Hall–Kier alpha value is -3.00. The van der Waals surface area contributed by atoms with Crippen molar-refractivity contribution in [3.8, 4) is 11.5 Å². The SMILES string of the molecule is O=C(NC1(c2cc(Cl)ccc2F)CCC1)c1ccnc(-c2noc(=O)[nH]2)c1. The van der Waals surface area contributed by atoms with E-state index in [9.17, 15) is 14.0 Å². The molecule has 9 heteroatoms. The third kappa shape index (κ3) is 3.23. The normalized spacial score (nSPS) is 15.2. The number of rotatable bonds is 4. The molecule has 3 aromatic rings. The van der Waals surface area contributed by atoms with Crippen LogP contribution < -0.4 is 11.1 Å². The van der Waals surface area contributed by atoms with E-state index in [-0.39, 0.29) is 17.4 Å². The first-order valence-corrected chi connectivity index (χ1v) is 8.65. The molecule has 0 aliphatic heterocycles. The summed E-state index contributed by atoms with van der Waals surface area (Å²) in [4.78, 5) is 30.3. The minimum absolute atomic E-state index is 0.119. The Labute approximate surface area is 157 Å². The number of nitrogens with zero attached hydrogens (tertiary/aromatic N) is 2. The standard InChI is InChI=1S/C18H14ClFN4O3/c19-11-2-3-13(20)12(9-11)18(5-1-6-18)23-16(25)10-4-7-21-14(8-10)15-22-17(26)27-24-15/h2-4,7-9H,1,5-6H2,(H,23,25)(H,22,24,26). The van der Waals surface area contributed by atoms with Crippen LogP contribution in [0, 0.1) is 5.82 Å². The fraction of sp³-hybridized carbons (Fsp3) is 0.222. The van der Waals surface area contributed by atoms with Gasteiger partial charge in [0.05, 0.1) is 5.54 Å². The topological polar surface area (TPSA) is 101 Å². The molecule has 2 aromatic heterocycles. The summed E-state index contributed by atoms with van der Waals surface area (Å²) in [7, 11) is 0. The molecule has 2 N–H and O–H groups in total. The van der Waals surface area contributed by atoms with Crippen molar-refractivity contribution in [2.75, 3.05) is 0 Å². The molecule has 0 unspecified atom stereocenters. The Kier molecular flexibility index (Phi) is 4.27. The number of aromatic amines is 1. The quantitative estimate of drug-likeness (QED) is 0.715. The van der Waals surface area contributed by atoms with E-state index in [0.717, 1.165) is 6.42 Å². The number of amides is 1. The summed E-state index contributed by atoms with van der Waals surface area (Å²) < 4.78 is 18.8. The molecule has 1 aliphatic rings. The first kappa shape index (κ1) is 17.4. The van der Waals surface area contributed by atoms with Gasteiger partial charge >= 0.3 is 5.76 Å². The Morgan fingerprint density at radius 3 is 2.78 bits per heavy atom. The molecule has 0 atom stereocenters. The van der Waals surface area contributed by atoms with Crippen LogP contribution in [0.1, 0.15) is 35.2 Å². The van der Waals surface area contributed by atoms with Crippen molar-refractivity contribution in [1.29, 1.82) is 0 Å². The van der Waals surface area contributed by atoms with Crippen LogP contribution in [0.3, 0.4) is 0 Å². The molecule has 0 spiro atoms. The maximum absolute atomic E-state index is 14.4. The lowest BCUT2D eigenvalue weighted by Crippen LogP contribution is -2.51. The maximum Gasteiger partial charge on any atom is 0.439 e. The van der Waals surface area contributed by atoms with Crippen LogP contribution in [0.5, 0.6) is 0 Å². The van der Waals surface area contributed by atoms with Crippen molar-refractivity contribution in [2.45, 2.75) is 24.8 Å². The van der Waals surface area contributed by atoms with Gasteiger partial charge in [-0.3, -0.25) is 19.3 Å². The first-order valence-electron chi connectivity index (χ1n) is 8.27. The molecule has 0 bridgehead atoms. The number of nitrogens with one attached hydrogen (secondary N) is 2. The van der Waals surface area contributed by atoms with E-state index in [1.54, 1.807) is 6.07 Å². The lowest BCUT2D eigenvalue weighted by molar-refractivity contribution is 0.0818. The van der Waals surface area contributed by atoms with Gasteiger partial charge in [-0.25, -0.2) is 9.18 Å².